The SMILES string of the molecule is COc1cccc(CN2C[C@]34C=C[C@H](O3)[C@@H](C(=O)N3CCN(C)C(=O)C3)[C@H]4C2=O)c1. The highest BCUT2D eigenvalue weighted by atomic mass is 16.5. The molecule has 0 unspecified atom stereocenters. The zero-order valence-electron chi connectivity index (χ0n) is 17.1. The maximum atomic E-state index is 13.4. The van der Waals surface area contributed by atoms with Gasteiger partial charge in [-0.1, -0.05) is 24.3 Å². The summed E-state index contributed by atoms with van der Waals surface area (Å²) in [4.78, 5) is 43.8. The molecule has 1 aromatic carbocycles. The van der Waals surface area contributed by atoms with Crippen LogP contribution in [0.5, 0.6) is 5.75 Å². The topological polar surface area (TPSA) is 79.4 Å². The maximum absolute atomic E-state index is 13.4. The Kier molecular flexibility index (Phi) is 4.36. The number of rotatable bonds is 4. The number of carbonyl (C=O) groups excluding carboxylic acids is 3. The van der Waals surface area contributed by atoms with E-state index in [1.165, 1.54) is 0 Å². The highest BCUT2D eigenvalue weighted by molar-refractivity contribution is 5.94. The van der Waals surface area contributed by atoms with E-state index in [1.807, 2.05) is 36.4 Å². The fraction of sp³-hybridized carbons (Fsp3) is 0.500. The number of likely N-dealkylation sites (N-methyl/N-ethyl adjacent to an activating group) is 1. The third-order valence-corrected chi connectivity index (χ3v) is 6.74. The number of hydrogen-bond donors (Lipinski definition) is 0. The van der Waals surface area contributed by atoms with E-state index in [-0.39, 0.29) is 24.3 Å². The van der Waals surface area contributed by atoms with E-state index in [1.54, 1.807) is 28.9 Å². The predicted molar refractivity (Wildman–Crippen MR) is 106 cm³/mol. The molecule has 4 atom stereocenters. The number of nitrogens with zero attached hydrogens (tertiary/aromatic N) is 3. The molecule has 3 amide bonds. The van der Waals surface area contributed by atoms with Crippen molar-refractivity contribution < 1.29 is 23.9 Å². The van der Waals surface area contributed by atoms with Gasteiger partial charge in [-0.3, -0.25) is 14.4 Å². The summed E-state index contributed by atoms with van der Waals surface area (Å²) in [5.41, 5.74) is 0.211. The second-order valence-electron chi connectivity index (χ2n) is 8.52. The molecule has 0 aromatic heterocycles. The van der Waals surface area contributed by atoms with Crippen LogP contribution in [0.2, 0.25) is 0 Å². The van der Waals surface area contributed by atoms with E-state index in [9.17, 15) is 14.4 Å². The van der Waals surface area contributed by atoms with Gasteiger partial charge in [0.25, 0.3) is 0 Å². The Balaban J connectivity index is 1.37. The number of methoxy groups -OCH3 is 1. The van der Waals surface area contributed by atoms with Crippen LogP contribution in [0.4, 0.5) is 0 Å². The zero-order valence-corrected chi connectivity index (χ0v) is 17.1. The van der Waals surface area contributed by atoms with E-state index in [2.05, 4.69) is 0 Å². The van der Waals surface area contributed by atoms with E-state index < -0.39 is 23.5 Å². The van der Waals surface area contributed by atoms with Crippen molar-refractivity contribution in [1.82, 2.24) is 14.7 Å². The highest BCUT2D eigenvalue weighted by Gasteiger charge is 2.67. The molecular formula is C22H25N3O5. The molecule has 1 spiro atoms. The van der Waals surface area contributed by atoms with Gasteiger partial charge in [0.1, 0.15) is 11.4 Å². The van der Waals surface area contributed by atoms with Gasteiger partial charge >= 0.3 is 0 Å². The summed E-state index contributed by atoms with van der Waals surface area (Å²) in [6, 6.07) is 7.62. The molecule has 30 heavy (non-hydrogen) atoms. The smallest absolute Gasteiger partial charge is 0.241 e. The third kappa shape index (κ3) is 2.81. The van der Waals surface area contributed by atoms with Crippen molar-refractivity contribution in [3.63, 3.8) is 0 Å². The lowest BCUT2D eigenvalue weighted by molar-refractivity contribution is -0.149. The van der Waals surface area contributed by atoms with Gasteiger partial charge < -0.3 is 24.2 Å². The second kappa shape index (κ2) is 6.84. The van der Waals surface area contributed by atoms with Crippen molar-refractivity contribution in [2.75, 3.05) is 40.3 Å². The van der Waals surface area contributed by atoms with Crippen LogP contribution in [-0.2, 0) is 25.7 Å². The molecule has 0 N–H and O–H groups in total. The molecule has 1 aromatic rings. The molecule has 3 saturated heterocycles. The number of benzene rings is 1. The minimum Gasteiger partial charge on any atom is -0.497 e. The Morgan fingerprint density at radius 1 is 1.30 bits per heavy atom. The average molecular weight is 411 g/mol. The summed E-state index contributed by atoms with van der Waals surface area (Å²) in [6.07, 6.45) is 3.45. The van der Waals surface area contributed by atoms with Crippen molar-refractivity contribution in [3.05, 3.63) is 42.0 Å². The van der Waals surface area contributed by atoms with Gasteiger partial charge in [0.2, 0.25) is 17.7 Å². The van der Waals surface area contributed by atoms with Crippen molar-refractivity contribution in [1.29, 1.82) is 0 Å². The van der Waals surface area contributed by atoms with E-state index in [0.717, 1.165) is 11.3 Å². The van der Waals surface area contributed by atoms with Crippen LogP contribution in [0, 0.1) is 11.8 Å². The van der Waals surface area contributed by atoms with Crippen LogP contribution >= 0.6 is 0 Å². The Bertz CT molecular complexity index is 946. The molecule has 3 fully saturated rings. The lowest BCUT2D eigenvalue weighted by Crippen LogP contribution is -2.54. The first-order valence-corrected chi connectivity index (χ1v) is 10.2. The lowest BCUT2D eigenvalue weighted by Gasteiger charge is -2.35. The first-order chi connectivity index (χ1) is 14.4. The van der Waals surface area contributed by atoms with Crippen LogP contribution in [0.3, 0.4) is 0 Å². The summed E-state index contributed by atoms with van der Waals surface area (Å²) in [6.45, 7) is 1.90. The van der Waals surface area contributed by atoms with Crippen LogP contribution < -0.4 is 4.74 Å². The number of fused-ring (bicyclic) bond motifs is 1. The number of amides is 3. The summed E-state index contributed by atoms with van der Waals surface area (Å²) >= 11 is 0. The number of carbonyl (C=O) groups is 3. The van der Waals surface area contributed by atoms with Gasteiger partial charge in [-0.25, -0.2) is 0 Å². The Morgan fingerprint density at radius 3 is 2.90 bits per heavy atom. The summed E-state index contributed by atoms with van der Waals surface area (Å²) in [5.74, 6) is -0.684. The molecule has 0 radical (unpaired) electrons. The highest BCUT2D eigenvalue weighted by Crippen LogP contribution is 2.52. The second-order valence-corrected chi connectivity index (χ2v) is 8.52. The number of ether oxygens (including phenoxy) is 2. The lowest BCUT2D eigenvalue weighted by atomic mass is 9.76. The number of likely N-dealkylation sites (tertiary alicyclic amines) is 1. The molecule has 0 saturated carbocycles. The van der Waals surface area contributed by atoms with Crippen molar-refractivity contribution >= 4 is 17.7 Å². The standard InChI is InChI=1S/C22H25N3O5/c1-23-8-9-24(12-17(23)26)20(27)18-16-6-7-22(30-16)13-25(21(28)19(18)22)11-14-4-3-5-15(10-14)29-2/h3-7,10,16,18-19H,8-9,11-13H2,1-2H3/t16-,18+,19-,22-/m0/s1. The van der Waals surface area contributed by atoms with Crippen molar-refractivity contribution in [2.24, 2.45) is 11.8 Å². The minimum absolute atomic E-state index is 0.0592. The number of hydrogen-bond acceptors (Lipinski definition) is 5. The Morgan fingerprint density at radius 2 is 2.13 bits per heavy atom. The van der Waals surface area contributed by atoms with Crippen LogP contribution in [-0.4, -0.2) is 84.5 Å². The maximum Gasteiger partial charge on any atom is 0.241 e. The van der Waals surface area contributed by atoms with Gasteiger partial charge in [-0.2, -0.15) is 0 Å². The molecular weight excluding hydrogens is 386 g/mol. The van der Waals surface area contributed by atoms with Crippen LogP contribution in [0.25, 0.3) is 0 Å². The monoisotopic (exact) mass is 411 g/mol. The summed E-state index contributed by atoms with van der Waals surface area (Å²) in [5, 5.41) is 0. The first-order valence-electron chi connectivity index (χ1n) is 10.2. The van der Waals surface area contributed by atoms with E-state index in [4.69, 9.17) is 9.47 Å². The van der Waals surface area contributed by atoms with Crippen LogP contribution in [0.1, 0.15) is 5.56 Å². The minimum atomic E-state index is -0.752. The first kappa shape index (κ1) is 19.1. The molecule has 0 aliphatic carbocycles. The Labute approximate surface area is 175 Å². The van der Waals surface area contributed by atoms with Gasteiger partial charge in [0.05, 0.1) is 38.1 Å². The molecule has 8 nitrogen and oxygen atoms in total. The fourth-order valence-corrected chi connectivity index (χ4v) is 5.14. The normalized spacial score (nSPS) is 32.2. The number of piperazine rings is 1. The molecule has 158 valence electrons. The summed E-state index contributed by atoms with van der Waals surface area (Å²) < 4.78 is 11.5. The third-order valence-electron chi connectivity index (χ3n) is 6.74. The largest absolute Gasteiger partial charge is 0.497 e. The Hall–Kier alpha value is -2.87. The van der Waals surface area contributed by atoms with Gasteiger partial charge in [0.15, 0.2) is 0 Å². The van der Waals surface area contributed by atoms with Gasteiger partial charge in [0, 0.05) is 26.7 Å². The van der Waals surface area contributed by atoms with Gasteiger partial charge in [-0.15, -0.1) is 0 Å². The predicted octanol–water partition coefficient (Wildman–Crippen LogP) is 0.278. The molecule has 4 aliphatic heterocycles. The van der Waals surface area contributed by atoms with Crippen molar-refractivity contribution in [3.8, 4) is 5.75 Å². The van der Waals surface area contributed by atoms with E-state index >= 15 is 0 Å². The average Bonchev–Trinajstić information content (AvgIpc) is 3.38. The molecule has 4 aliphatic rings. The summed E-state index contributed by atoms with van der Waals surface area (Å²) in [7, 11) is 3.35. The fourth-order valence-electron chi connectivity index (χ4n) is 5.14. The van der Waals surface area contributed by atoms with Crippen LogP contribution in [0.15, 0.2) is 36.4 Å². The van der Waals surface area contributed by atoms with Gasteiger partial charge in [-0.05, 0) is 17.7 Å². The molecule has 5 rings (SSSR count). The molecule has 2 bridgehead atoms. The quantitative estimate of drug-likeness (QED) is 0.665. The zero-order chi connectivity index (χ0) is 21.0. The van der Waals surface area contributed by atoms with E-state index in [0.29, 0.717) is 26.2 Å². The molecule has 4 heterocycles. The van der Waals surface area contributed by atoms with Crippen molar-refractivity contribution in [2.45, 2.75) is 18.2 Å². The molecule has 8 heteroatoms.